The number of imidazole rings is 1. The number of halogens is 5. The van der Waals surface area contributed by atoms with Gasteiger partial charge >= 0.3 is 6.29 Å². The number of amides is 1. The topological polar surface area (TPSA) is 138 Å². The lowest BCUT2D eigenvalue weighted by Crippen LogP contribution is -2.39. The zero-order valence-electron chi connectivity index (χ0n) is 59.0. The second-order valence-electron chi connectivity index (χ2n) is 32.6. The van der Waals surface area contributed by atoms with E-state index in [-0.39, 0.29) is 51.1 Å². The van der Waals surface area contributed by atoms with Crippen molar-refractivity contribution in [3.63, 3.8) is 0 Å². The van der Waals surface area contributed by atoms with Gasteiger partial charge in [0.1, 0.15) is 22.9 Å². The summed E-state index contributed by atoms with van der Waals surface area (Å²) < 4.78 is 94.1. The molecule has 0 radical (unpaired) electrons. The SMILES string of the molecule is CC(C)(C)C12CCCC1C2.CC(C)(C)c1cc2c(cc1F)OC(F)(F)O2.CC(C)(C)c1nc2ccc(F)c(F)c2n1C1CCCC1.CC1CC(=O)NN1c1ncccc1C(C)(C)C.CC1CC1c1cc(C(C)(C)C)on1.CS(=O)c1ccc2c(C(C)(C)C)ccnc2c1. The number of carbonyl (C=O) groups excluding carboxylic acids is 1. The zero-order valence-corrected chi connectivity index (χ0v) is 59.8. The van der Waals surface area contributed by atoms with Gasteiger partial charge in [-0.1, -0.05) is 168 Å². The molecule has 13 rings (SSSR count). The predicted molar refractivity (Wildman–Crippen MR) is 363 cm³/mol. The minimum absolute atomic E-state index is 0.0105. The Morgan fingerprint density at radius 3 is 1.78 bits per heavy atom. The molecule has 0 spiro atoms. The van der Waals surface area contributed by atoms with Crippen LogP contribution in [0.5, 0.6) is 11.5 Å². The number of alkyl halides is 2. The Hall–Kier alpha value is -6.43. The van der Waals surface area contributed by atoms with Crippen molar-refractivity contribution >= 4 is 44.5 Å². The average Bonchev–Trinajstić information content (AvgIpc) is 1.55. The van der Waals surface area contributed by atoms with E-state index in [2.05, 4.69) is 164 Å². The number of nitrogens with one attached hydrogen (secondary N) is 1. The molecule has 1 amide bonds. The molecule has 7 aromatic rings. The summed E-state index contributed by atoms with van der Waals surface area (Å²) in [4.78, 5) is 25.6. The van der Waals surface area contributed by atoms with Crippen LogP contribution in [-0.2, 0) is 42.7 Å². The van der Waals surface area contributed by atoms with E-state index in [0.29, 0.717) is 34.4 Å². The van der Waals surface area contributed by atoms with Crippen LogP contribution < -0.4 is 19.9 Å². The normalized spacial score (nSPS) is 21.8. The zero-order chi connectivity index (χ0) is 68.9. The largest absolute Gasteiger partial charge is 0.586 e. The van der Waals surface area contributed by atoms with E-state index in [1.54, 1.807) is 39.3 Å². The molecule has 3 aromatic carbocycles. The van der Waals surface area contributed by atoms with Crippen LogP contribution in [0.1, 0.15) is 249 Å². The lowest BCUT2D eigenvalue weighted by molar-refractivity contribution is -0.286. The third-order valence-electron chi connectivity index (χ3n) is 18.9. The van der Waals surface area contributed by atoms with E-state index in [4.69, 9.17) is 4.52 Å². The van der Waals surface area contributed by atoms with Gasteiger partial charge in [0.05, 0.1) is 29.2 Å². The van der Waals surface area contributed by atoms with Crippen molar-refractivity contribution in [2.75, 3.05) is 11.3 Å². The molecule has 1 saturated heterocycles. The number of nitrogens with zero attached hydrogens (tertiary/aromatic N) is 6. The van der Waals surface area contributed by atoms with Crippen molar-refractivity contribution in [3.05, 3.63) is 131 Å². The van der Waals surface area contributed by atoms with E-state index < -0.39 is 40.0 Å². The van der Waals surface area contributed by atoms with E-state index in [9.17, 15) is 31.0 Å². The number of hydrogen-bond donors (Lipinski definition) is 1. The molecule has 12 nitrogen and oxygen atoms in total. The quantitative estimate of drug-likeness (QED) is 0.170. The summed E-state index contributed by atoms with van der Waals surface area (Å²) in [5, 5.41) is 7.15. The Balaban J connectivity index is 0.000000145. The predicted octanol–water partition coefficient (Wildman–Crippen LogP) is 19.8. The summed E-state index contributed by atoms with van der Waals surface area (Å²) in [5.41, 5.74) is 9.46. The highest BCUT2D eigenvalue weighted by Crippen LogP contribution is 2.71. The van der Waals surface area contributed by atoms with Crippen LogP contribution in [0.4, 0.5) is 27.8 Å². The fraction of sp³-hybridized carbons (Fsp3) is 0.587. The molecule has 5 fully saturated rings. The molecule has 0 bridgehead atoms. The molecule has 6 unspecified atom stereocenters. The molecule has 6 heterocycles. The average molecular weight is 1310 g/mol. The number of pyridine rings is 2. The number of anilines is 1. The first kappa shape index (κ1) is 72.4. The van der Waals surface area contributed by atoms with Gasteiger partial charge in [0, 0.05) is 80.2 Å². The molecule has 6 aliphatic rings. The molecule has 1 N–H and O–H groups in total. The maximum atomic E-state index is 14.3. The summed E-state index contributed by atoms with van der Waals surface area (Å²) in [6, 6.07) is 19.4. The van der Waals surface area contributed by atoms with Gasteiger partial charge < -0.3 is 18.6 Å². The highest BCUT2D eigenvalue weighted by molar-refractivity contribution is 7.84. The Kier molecular flexibility index (Phi) is 21.0. The maximum Gasteiger partial charge on any atom is 0.586 e. The number of aromatic nitrogens is 5. The Bertz CT molecular complexity index is 3820. The van der Waals surface area contributed by atoms with Gasteiger partial charge in [-0.2, -0.15) is 0 Å². The molecular formula is C75H102F5N7O5S. The van der Waals surface area contributed by atoms with Gasteiger partial charge in [-0.15, -0.1) is 8.78 Å². The summed E-state index contributed by atoms with van der Waals surface area (Å²) >= 11 is 0. The van der Waals surface area contributed by atoms with Gasteiger partial charge in [-0.25, -0.2) is 23.1 Å². The number of hydrogen-bond acceptors (Lipinski definition) is 10. The number of carbonyl (C=O) groups is 1. The Morgan fingerprint density at radius 2 is 1.29 bits per heavy atom. The lowest BCUT2D eigenvalue weighted by Gasteiger charge is -2.29. The van der Waals surface area contributed by atoms with Crippen molar-refractivity contribution in [1.29, 1.82) is 0 Å². The van der Waals surface area contributed by atoms with Gasteiger partial charge in [0.15, 0.2) is 29.0 Å². The molecule has 4 aromatic heterocycles. The fourth-order valence-corrected chi connectivity index (χ4v) is 13.9. The van der Waals surface area contributed by atoms with Gasteiger partial charge in [0.25, 0.3) is 0 Å². The monoisotopic (exact) mass is 1310 g/mol. The molecule has 2 aliphatic heterocycles. The minimum atomic E-state index is -3.70. The summed E-state index contributed by atoms with van der Waals surface area (Å²) in [6.07, 6.45) is 13.8. The van der Waals surface area contributed by atoms with Crippen molar-refractivity contribution < 1.29 is 45.0 Å². The molecule has 6 atom stereocenters. The molecule has 4 aliphatic carbocycles. The van der Waals surface area contributed by atoms with Crippen LogP contribution in [0.25, 0.3) is 21.9 Å². The van der Waals surface area contributed by atoms with Crippen molar-refractivity contribution in [1.82, 2.24) is 30.1 Å². The second kappa shape index (κ2) is 27.0. The molecule has 508 valence electrons. The van der Waals surface area contributed by atoms with E-state index in [1.807, 2.05) is 47.0 Å². The maximum absolute atomic E-state index is 14.3. The summed E-state index contributed by atoms with van der Waals surface area (Å²) in [6.45, 7) is 42.5. The lowest BCUT2D eigenvalue weighted by atomic mass is 9.76. The number of ether oxygens (including phenoxy) is 2. The van der Waals surface area contributed by atoms with Crippen LogP contribution in [0.3, 0.4) is 0 Å². The number of fused-ring (bicyclic) bond motifs is 4. The van der Waals surface area contributed by atoms with Crippen LogP contribution in [0.2, 0.25) is 0 Å². The van der Waals surface area contributed by atoms with Gasteiger partial charge in [-0.3, -0.25) is 24.4 Å². The smallest absolute Gasteiger partial charge is 0.395 e. The second-order valence-corrected chi connectivity index (χ2v) is 34.0. The molecule has 18 heteroatoms. The Labute approximate surface area is 551 Å². The standard InChI is InChI=1S/C16H20F2N2.C14H17NOS.C13H19N3O.C11H11F3O2.C11H17NO.C10H18/c1-16(2,3)15-19-12-9-8-11(17)13(18)14(12)20(15)10-6-4-5-7-10;1-14(2,3)12-7-8-15-13-9-10(17(4)16)5-6-11(12)13;1-9-8-11(17)15-16(9)12-10(13(2,3)4)6-5-7-14-12;1-10(2,3)6-4-8-9(5-7(6)12)16-11(13,14)15-8;1-7-5-8(7)9-6-10(13-12-9)11(2,3)4;1-9(2,3)10-6-4-5-8(10)7-10/h8-10H,4-7H2,1-3H3;5-9H,1-4H3;5-7,9H,8H2,1-4H3,(H,15,17);4-5H,1-3H3;6-8H,5H2,1-4H3;8H,4-7H2,1-3H3. The molecule has 93 heavy (non-hydrogen) atoms. The van der Waals surface area contributed by atoms with Gasteiger partial charge in [0.2, 0.25) is 5.91 Å². The van der Waals surface area contributed by atoms with E-state index >= 15 is 0 Å². The number of rotatable bonds is 4. The number of benzene rings is 3. The first-order valence-electron chi connectivity index (χ1n) is 33.1. The first-order chi connectivity index (χ1) is 42.9. The highest BCUT2D eigenvalue weighted by Gasteiger charge is 2.62. The van der Waals surface area contributed by atoms with Crippen molar-refractivity contribution in [2.24, 2.45) is 22.7 Å². The molecule has 4 saturated carbocycles. The van der Waals surface area contributed by atoms with Crippen LogP contribution in [-0.4, -0.2) is 53.4 Å². The van der Waals surface area contributed by atoms with Crippen LogP contribution >= 0.6 is 0 Å². The third kappa shape index (κ3) is 17.0. The third-order valence-corrected chi connectivity index (χ3v) is 19.8. The summed E-state index contributed by atoms with van der Waals surface area (Å²) in [5.74, 6) is 2.83. The highest BCUT2D eigenvalue weighted by atomic mass is 32.2. The van der Waals surface area contributed by atoms with Crippen molar-refractivity contribution in [3.8, 4) is 11.5 Å². The van der Waals surface area contributed by atoms with Gasteiger partial charge in [-0.05, 0) is 138 Å². The fourth-order valence-electron chi connectivity index (χ4n) is 13.3. The first-order valence-corrected chi connectivity index (χ1v) is 34.7. The number of hydrazine groups is 1. The Morgan fingerprint density at radius 1 is 0.667 bits per heavy atom. The summed E-state index contributed by atoms with van der Waals surface area (Å²) in [7, 11) is -0.953. The minimum Gasteiger partial charge on any atom is -0.395 e. The van der Waals surface area contributed by atoms with E-state index in [1.165, 1.54) is 43.7 Å². The van der Waals surface area contributed by atoms with Crippen molar-refractivity contribution in [2.45, 2.75) is 259 Å². The molecular weight excluding hydrogens is 1210 g/mol. The van der Waals surface area contributed by atoms with E-state index in [0.717, 1.165) is 99.5 Å². The van der Waals surface area contributed by atoms with Crippen LogP contribution in [0, 0.1) is 40.1 Å². The van der Waals surface area contributed by atoms with Crippen LogP contribution in [0.15, 0.2) is 88.5 Å².